The van der Waals surface area contributed by atoms with Crippen molar-refractivity contribution in [2.45, 2.75) is 13.0 Å². The molecule has 0 aliphatic carbocycles. The van der Waals surface area contributed by atoms with Crippen molar-refractivity contribution in [2.24, 2.45) is 0 Å². The van der Waals surface area contributed by atoms with Crippen molar-refractivity contribution in [2.75, 3.05) is 0 Å². The van der Waals surface area contributed by atoms with Gasteiger partial charge >= 0.3 is 5.97 Å². The molecule has 4 heteroatoms. The van der Waals surface area contributed by atoms with Crippen LogP contribution < -0.4 is 4.74 Å². The second kappa shape index (κ2) is 3.39. The molecule has 1 atom stereocenters. The van der Waals surface area contributed by atoms with Gasteiger partial charge in [0.25, 0.3) is 0 Å². The highest BCUT2D eigenvalue weighted by Gasteiger charge is 2.11. The monoisotopic (exact) mass is 172 g/mol. The summed E-state index contributed by atoms with van der Waals surface area (Å²) >= 11 is 1.48. The summed E-state index contributed by atoms with van der Waals surface area (Å²) in [6.45, 7) is 1.50. The molecule has 0 aliphatic heterocycles. The van der Waals surface area contributed by atoms with Gasteiger partial charge < -0.3 is 9.84 Å². The summed E-state index contributed by atoms with van der Waals surface area (Å²) in [4.78, 5) is 10.3. The number of hydrogen-bond acceptors (Lipinski definition) is 3. The molecule has 0 spiro atoms. The molecule has 0 fully saturated rings. The van der Waals surface area contributed by atoms with Crippen LogP contribution in [0.4, 0.5) is 0 Å². The molecule has 0 aromatic carbocycles. The molecule has 1 heterocycles. The van der Waals surface area contributed by atoms with Crippen LogP contribution in [0.3, 0.4) is 0 Å². The van der Waals surface area contributed by atoms with E-state index in [0.717, 1.165) is 0 Å². The van der Waals surface area contributed by atoms with E-state index in [0.29, 0.717) is 5.75 Å². The zero-order valence-corrected chi connectivity index (χ0v) is 6.80. The van der Waals surface area contributed by atoms with E-state index in [4.69, 9.17) is 9.84 Å². The zero-order chi connectivity index (χ0) is 8.27. The fourth-order valence-electron chi connectivity index (χ4n) is 0.574. The van der Waals surface area contributed by atoms with Gasteiger partial charge in [0.15, 0.2) is 6.10 Å². The van der Waals surface area contributed by atoms with Crippen LogP contribution in [0.25, 0.3) is 0 Å². The van der Waals surface area contributed by atoms with Gasteiger partial charge in [-0.25, -0.2) is 4.79 Å². The predicted octanol–water partition coefficient (Wildman–Crippen LogP) is 1.60. The van der Waals surface area contributed by atoms with Crippen LogP contribution in [-0.4, -0.2) is 17.2 Å². The number of rotatable bonds is 3. The molecule has 1 aromatic heterocycles. The number of carboxylic acids is 1. The molecule has 1 N–H and O–H groups in total. The Morgan fingerprint density at radius 2 is 2.55 bits per heavy atom. The van der Waals surface area contributed by atoms with Crippen LogP contribution in [0.1, 0.15) is 6.92 Å². The summed E-state index contributed by atoms with van der Waals surface area (Å²) in [5.74, 6) is -0.332. The maximum Gasteiger partial charge on any atom is 0.344 e. The molecule has 60 valence electrons. The first-order valence-electron chi connectivity index (χ1n) is 3.12. The van der Waals surface area contributed by atoms with Gasteiger partial charge in [0.2, 0.25) is 0 Å². The number of aliphatic carboxylic acids is 1. The third kappa shape index (κ3) is 2.23. The van der Waals surface area contributed by atoms with Crippen molar-refractivity contribution in [1.82, 2.24) is 0 Å². The Hall–Kier alpha value is -1.03. The van der Waals surface area contributed by atoms with E-state index in [9.17, 15) is 4.79 Å². The van der Waals surface area contributed by atoms with Crippen molar-refractivity contribution in [3.63, 3.8) is 0 Å². The lowest BCUT2D eigenvalue weighted by Crippen LogP contribution is -2.22. The summed E-state index contributed by atoms with van der Waals surface area (Å²) < 4.78 is 5.03. The first kappa shape index (κ1) is 8.07. The van der Waals surface area contributed by atoms with E-state index in [2.05, 4.69) is 0 Å². The van der Waals surface area contributed by atoms with E-state index in [1.54, 1.807) is 11.4 Å². The second-order valence-electron chi connectivity index (χ2n) is 2.06. The number of carboxylic acid groups (broad SMARTS) is 1. The van der Waals surface area contributed by atoms with Gasteiger partial charge in [-0.3, -0.25) is 0 Å². The third-order valence-corrected chi connectivity index (χ3v) is 1.82. The molecule has 3 nitrogen and oxygen atoms in total. The molecule has 11 heavy (non-hydrogen) atoms. The van der Waals surface area contributed by atoms with Crippen LogP contribution in [0, 0.1) is 0 Å². The average Bonchev–Trinajstić information content (AvgIpc) is 2.39. The summed E-state index contributed by atoms with van der Waals surface area (Å²) in [6.07, 6.45) is -0.774. The van der Waals surface area contributed by atoms with E-state index in [1.807, 2.05) is 5.38 Å². The van der Waals surface area contributed by atoms with Crippen molar-refractivity contribution < 1.29 is 14.6 Å². The van der Waals surface area contributed by atoms with Crippen LogP contribution in [0.2, 0.25) is 0 Å². The Balaban J connectivity index is 2.50. The molecule has 0 bridgehead atoms. The van der Waals surface area contributed by atoms with Crippen molar-refractivity contribution in [3.8, 4) is 5.75 Å². The van der Waals surface area contributed by atoms with E-state index < -0.39 is 12.1 Å². The second-order valence-corrected chi connectivity index (χ2v) is 2.84. The van der Waals surface area contributed by atoms with Gasteiger partial charge in [0, 0.05) is 5.38 Å². The Morgan fingerprint density at radius 3 is 3.00 bits per heavy atom. The number of ether oxygens (including phenoxy) is 1. The van der Waals surface area contributed by atoms with Gasteiger partial charge in [-0.1, -0.05) is 0 Å². The lowest BCUT2D eigenvalue weighted by Gasteiger charge is -2.06. The molecule has 1 rings (SSSR count). The Morgan fingerprint density at radius 1 is 1.82 bits per heavy atom. The van der Waals surface area contributed by atoms with E-state index >= 15 is 0 Å². The molecule has 1 unspecified atom stereocenters. The summed E-state index contributed by atoms with van der Waals surface area (Å²) in [6, 6.07) is 1.74. The fraction of sp³-hybridized carbons (Fsp3) is 0.286. The van der Waals surface area contributed by atoms with Crippen LogP contribution in [0.5, 0.6) is 5.75 Å². The summed E-state index contributed by atoms with van der Waals surface area (Å²) in [5, 5.41) is 12.1. The Bertz CT molecular complexity index is 230. The number of carbonyl (C=O) groups is 1. The normalized spacial score (nSPS) is 12.5. The van der Waals surface area contributed by atoms with Gasteiger partial charge in [-0.15, -0.1) is 11.3 Å². The molecular weight excluding hydrogens is 164 g/mol. The van der Waals surface area contributed by atoms with Crippen LogP contribution in [0.15, 0.2) is 16.8 Å². The minimum Gasteiger partial charge on any atom is -0.479 e. The van der Waals surface area contributed by atoms with E-state index in [1.165, 1.54) is 18.3 Å². The molecule has 0 saturated heterocycles. The number of thiophene rings is 1. The van der Waals surface area contributed by atoms with Crippen molar-refractivity contribution in [3.05, 3.63) is 16.8 Å². The predicted molar refractivity (Wildman–Crippen MR) is 42.0 cm³/mol. The lowest BCUT2D eigenvalue weighted by molar-refractivity contribution is -0.144. The average molecular weight is 172 g/mol. The smallest absolute Gasteiger partial charge is 0.344 e. The van der Waals surface area contributed by atoms with Crippen LogP contribution in [-0.2, 0) is 4.79 Å². The highest BCUT2D eigenvalue weighted by molar-refractivity contribution is 7.08. The first-order chi connectivity index (χ1) is 5.20. The molecule has 0 aliphatic rings. The largest absolute Gasteiger partial charge is 0.479 e. The molecule has 0 saturated carbocycles. The highest BCUT2D eigenvalue weighted by atomic mass is 32.1. The zero-order valence-electron chi connectivity index (χ0n) is 5.98. The van der Waals surface area contributed by atoms with Gasteiger partial charge in [0.1, 0.15) is 5.75 Å². The summed E-state index contributed by atoms with van der Waals surface area (Å²) in [7, 11) is 0. The summed E-state index contributed by atoms with van der Waals surface area (Å²) in [5.41, 5.74) is 0. The Labute approximate surface area is 68.2 Å². The minimum absolute atomic E-state index is 0.616. The van der Waals surface area contributed by atoms with Gasteiger partial charge in [0.05, 0.1) is 0 Å². The topological polar surface area (TPSA) is 46.5 Å². The quantitative estimate of drug-likeness (QED) is 0.753. The third-order valence-electron chi connectivity index (χ3n) is 1.16. The Kier molecular flexibility index (Phi) is 2.48. The lowest BCUT2D eigenvalue weighted by atomic mass is 10.4. The maximum atomic E-state index is 10.3. The van der Waals surface area contributed by atoms with Crippen LogP contribution >= 0.6 is 11.3 Å². The maximum absolute atomic E-state index is 10.3. The SMILES string of the molecule is CC(Oc1ccsc1)C(=O)O. The molecule has 0 radical (unpaired) electrons. The van der Waals surface area contributed by atoms with Crippen molar-refractivity contribution in [1.29, 1.82) is 0 Å². The number of hydrogen-bond donors (Lipinski definition) is 1. The standard InChI is InChI=1S/C7H8O3S/c1-5(7(8)9)10-6-2-3-11-4-6/h2-5H,1H3,(H,8,9). The highest BCUT2D eigenvalue weighted by Crippen LogP contribution is 2.16. The first-order valence-corrected chi connectivity index (χ1v) is 4.06. The van der Waals surface area contributed by atoms with E-state index in [-0.39, 0.29) is 0 Å². The molecule has 0 amide bonds. The van der Waals surface area contributed by atoms with Gasteiger partial charge in [-0.05, 0) is 18.4 Å². The molecular formula is C7H8O3S. The fourth-order valence-corrected chi connectivity index (χ4v) is 1.13. The minimum atomic E-state index is -0.948. The van der Waals surface area contributed by atoms with Crippen molar-refractivity contribution >= 4 is 17.3 Å². The molecule has 1 aromatic rings. The van der Waals surface area contributed by atoms with Gasteiger partial charge in [-0.2, -0.15) is 0 Å².